The molecule has 1 aromatic carbocycles. The molecule has 26 heavy (non-hydrogen) atoms. The van der Waals surface area contributed by atoms with Crippen molar-refractivity contribution in [2.24, 2.45) is 5.73 Å². The molecule has 0 fully saturated rings. The first kappa shape index (κ1) is 20.6. The van der Waals surface area contributed by atoms with Crippen LogP contribution in [0.2, 0.25) is 6.32 Å². The smallest absolute Gasteiger partial charge is 0.451 e. The Labute approximate surface area is 155 Å². The van der Waals surface area contributed by atoms with Crippen molar-refractivity contribution in [2.75, 3.05) is 19.6 Å². The largest absolute Gasteiger partial charge is 0.480 e. The van der Waals surface area contributed by atoms with E-state index in [-0.39, 0.29) is 6.32 Å². The van der Waals surface area contributed by atoms with E-state index in [9.17, 15) is 9.90 Å². The predicted octanol–water partition coefficient (Wildman–Crippen LogP) is 1.59. The average molecular weight is 360 g/mol. The van der Waals surface area contributed by atoms with Gasteiger partial charge in [0.1, 0.15) is 5.54 Å². The van der Waals surface area contributed by atoms with Gasteiger partial charge in [0.2, 0.25) is 0 Å². The van der Waals surface area contributed by atoms with Gasteiger partial charge in [0.15, 0.2) is 0 Å². The first-order valence-corrected chi connectivity index (χ1v) is 9.26. The van der Waals surface area contributed by atoms with Crippen molar-refractivity contribution in [1.29, 1.82) is 0 Å². The van der Waals surface area contributed by atoms with Gasteiger partial charge in [-0.15, -0.1) is 0 Å². The Bertz CT molecular complexity index is 609. The number of unbranched alkanes of at least 4 members (excludes halogenated alkanes) is 1. The molecule has 0 radical (unpaired) electrons. The Morgan fingerprint density at radius 1 is 1.19 bits per heavy atom. The van der Waals surface area contributed by atoms with Crippen LogP contribution in [0.3, 0.4) is 0 Å². The van der Waals surface area contributed by atoms with E-state index in [1.807, 2.05) is 18.2 Å². The molecule has 0 spiro atoms. The van der Waals surface area contributed by atoms with Gasteiger partial charge in [-0.2, -0.15) is 0 Å². The van der Waals surface area contributed by atoms with E-state index in [2.05, 4.69) is 23.1 Å². The summed E-state index contributed by atoms with van der Waals surface area (Å²) >= 11 is 0. The van der Waals surface area contributed by atoms with Crippen molar-refractivity contribution < 1.29 is 19.9 Å². The van der Waals surface area contributed by atoms with Crippen molar-refractivity contribution in [3.8, 4) is 0 Å². The van der Waals surface area contributed by atoms with E-state index in [1.165, 1.54) is 11.1 Å². The topological polar surface area (TPSA) is 107 Å². The van der Waals surface area contributed by atoms with Gasteiger partial charge >= 0.3 is 13.1 Å². The van der Waals surface area contributed by atoms with E-state index in [4.69, 9.17) is 15.8 Å². The Kier molecular flexibility index (Phi) is 7.84. The summed E-state index contributed by atoms with van der Waals surface area (Å²) in [4.78, 5) is 13.8. The standard InChI is InChI=1S/C19H29BN2O4/c21-19(18(23)24,10-4-5-12-20(25)26)11-15-22-13-8-17(9-14-22)16-6-2-1-3-7-16/h1-3,6-8,25-26H,4-5,9-15,21H2,(H,23,24)/t19-/m1/s1. The molecule has 0 aliphatic carbocycles. The second-order valence-corrected chi connectivity index (χ2v) is 7.08. The summed E-state index contributed by atoms with van der Waals surface area (Å²) in [5.41, 5.74) is 7.45. The van der Waals surface area contributed by atoms with Crippen LogP contribution in [-0.2, 0) is 4.79 Å². The van der Waals surface area contributed by atoms with E-state index in [0.29, 0.717) is 32.2 Å². The molecule has 0 aromatic heterocycles. The molecule has 1 aromatic rings. The summed E-state index contributed by atoms with van der Waals surface area (Å²) in [6.45, 7) is 2.34. The van der Waals surface area contributed by atoms with Crippen molar-refractivity contribution in [2.45, 2.75) is 44.0 Å². The van der Waals surface area contributed by atoms with Crippen LogP contribution in [0.5, 0.6) is 0 Å². The van der Waals surface area contributed by atoms with Crippen molar-refractivity contribution in [3.63, 3.8) is 0 Å². The minimum atomic E-state index is -1.34. The third-order valence-corrected chi connectivity index (χ3v) is 5.07. The lowest BCUT2D eigenvalue weighted by Gasteiger charge is -2.31. The molecule has 5 N–H and O–H groups in total. The Balaban J connectivity index is 1.82. The molecule has 7 heteroatoms. The highest BCUT2D eigenvalue weighted by molar-refractivity contribution is 6.40. The zero-order valence-corrected chi connectivity index (χ0v) is 15.2. The highest BCUT2D eigenvalue weighted by atomic mass is 16.4. The lowest BCUT2D eigenvalue weighted by Crippen LogP contribution is -2.50. The maximum Gasteiger partial charge on any atom is 0.451 e. The molecular weight excluding hydrogens is 331 g/mol. The second-order valence-electron chi connectivity index (χ2n) is 7.08. The van der Waals surface area contributed by atoms with Gasteiger partial charge in [0.05, 0.1) is 0 Å². The molecule has 0 amide bonds. The molecule has 6 nitrogen and oxygen atoms in total. The summed E-state index contributed by atoms with van der Waals surface area (Å²) in [6, 6.07) is 10.3. The van der Waals surface area contributed by atoms with E-state index < -0.39 is 18.6 Å². The van der Waals surface area contributed by atoms with Crippen LogP contribution in [0.25, 0.3) is 5.57 Å². The number of aliphatic carboxylic acids is 1. The molecule has 0 saturated heterocycles. The third kappa shape index (κ3) is 6.25. The maximum atomic E-state index is 11.6. The van der Waals surface area contributed by atoms with Crippen molar-refractivity contribution in [1.82, 2.24) is 4.90 Å². The van der Waals surface area contributed by atoms with E-state index in [0.717, 1.165) is 19.5 Å². The second kappa shape index (κ2) is 9.87. The van der Waals surface area contributed by atoms with Crippen molar-refractivity contribution >= 4 is 18.7 Å². The number of hydrogen-bond donors (Lipinski definition) is 4. The normalized spacial score (nSPS) is 17.4. The van der Waals surface area contributed by atoms with Crippen LogP contribution < -0.4 is 5.73 Å². The quantitative estimate of drug-likeness (QED) is 0.373. The molecular formula is C19H29BN2O4. The zero-order valence-electron chi connectivity index (χ0n) is 15.2. The molecule has 1 atom stereocenters. The van der Waals surface area contributed by atoms with Gasteiger partial charge in [0, 0.05) is 19.6 Å². The number of hydrogen-bond acceptors (Lipinski definition) is 5. The Hall–Kier alpha value is -1.67. The highest BCUT2D eigenvalue weighted by Crippen LogP contribution is 2.23. The lowest BCUT2D eigenvalue weighted by molar-refractivity contribution is -0.144. The van der Waals surface area contributed by atoms with E-state index in [1.54, 1.807) is 0 Å². The van der Waals surface area contributed by atoms with Crippen LogP contribution in [0.15, 0.2) is 36.4 Å². The van der Waals surface area contributed by atoms with Gasteiger partial charge in [-0.1, -0.05) is 49.2 Å². The molecule has 2 rings (SSSR count). The fourth-order valence-corrected chi connectivity index (χ4v) is 3.29. The minimum absolute atomic E-state index is 0.245. The Morgan fingerprint density at radius 3 is 2.50 bits per heavy atom. The molecule has 1 aliphatic heterocycles. The average Bonchev–Trinajstić information content (AvgIpc) is 2.64. The number of rotatable bonds is 10. The first-order chi connectivity index (χ1) is 12.4. The number of nitrogens with zero attached hydrogens (tertiary/aromatic N) is 1. The molecule has 0 saturated carbocycles. The fourth-order valence-electron chi connectivity index (χ4n) is 3.29. The summed E-state index contributed by atoms with van der Waals surface area (Å²) in [5, 5.41) is 27.2. The first-order valence-electron chi connectivity index (χ1n) is 9.26. The van der Waals surface area contributed by atoms with Crippen LogP contribution in [-0.4, -0.2) is 58.3 Å². The summed E-state index contributed by atoms with van der Waals surface area (Å²) in [7, 11) is -1.34. The van der Waals surface area contributed by atoms with Gasteiger partial charge < -0.3 is 20.9 Å². The monoisotopic (exact) mass is 360 g/mol. The molecule has 0 unspecified atom stereocenters. The lowest BCUT2D eigenvalue weighted by atomic mass is 9.81. The van der Waals surface area contributed by atoms with Crippen LogP contribution in [0, 0.1) is 0 Å². The number of nitrogens with two attached hydrogens (primary N) is 1. The predicted molar refractivity (Wildman–Crippen MR) is 103 cm³/mol. The summed E-state index contributed by atoms with van der Waals surface area (Å²) in [5.74, 6) is -0.987. The van der Waals surface area contributed by atoms with Gasteiger partial charge in [-0.3, -0.25) is 9.69 Å². The van der Waals surface area contributed by atoms with Crippen LogP contribution in [0.4, 0.5) is 0 Å². The summed E-state index contributed by atoms with van der Waals surface area (Å²) < 4.78 is 0. The number of carboxylic acid groups (broad SMARTS) is 1. The number of carbonyl (C=O) groups is 1. The minimum Gasteiger partial charge on any atom is -0.480 e. The molecule has 0 bridgehead atoms. The molecule has 142 valence electrons. The third-order valence-electron chi connectivity index (χ3n) is 5.07. The highest BCUT2D eigenvalue weighted by Gasteiger charge is 2.33. The van der Waals surface area contributed by atoms with Gasteiger partial charge in [0.25, 0.3) is 0 Å². The SMILES string of the molecule is N[C@](CCCCB(O)O)(CCN1CC=C(c2ccccc2)CC1)C(=O)O. The maximum absolute atomic E-state index is 11.6. The van der Waals surface area contributed by atoms with Gasteiger partial charge in [-0.05, 0) is 36.7 Å². The zero-order chi connectivity index (χ0) is 19.0. The van der Waals surface area contributed by atoms with Crippen molar-refractivity contribution in [3.05, 3.63) is 42.0 Å². The van der Waals surface area contributed by atoms with E-state index >= 15 is 0 Å². The number of benzene rings is 1. The Morgan fingerprint density at radius 2 is 1.92 bits per heavy atom. The summed E-state index contributed by atoms with van der Waals surface area (Å²) in [6.07, 6.45) is 5.25. The molecule has 1 aliphatic rings. The molecule has 1 heterocycles. The van der Waals surface area contributed by atoms with Crippen LogP contribution in [0.1, 0.15) is 37.7 Å². The fraction of sp³-hybridized carbons (Fsp3) is 0.526. The van der Waals surface area contributed by atoms with Gasteiger partial charge in [-0.25, -0.2) is 0 Å². The number of carboxylic acids is 1. The van der Waals surface area contributed by atoms with Crippen LogP contribution >= 0.6 is 0 Å².